The first kappa shape index (κ1) is 27.2. The van der Waals surface area contributed by atoms with Gasteiger partial charge in [0, 0.05) is 0 Å². The van der Waals surface area contributed by atoms with E-state index in [0.717, 1.165) is 38.5 Å². The molecular formula is C31H48O6. The average Bonchev–Trinajstić information content (AvgIpc) is 2.79. The number of hydrogen-bond acceptors (Lipinski definition) is 4. The smallest absolute Gasteiger partial charge is 0.312 e. The Hall–Kier alpha value is -1.40. The van der Waals surface area contributed by atoms with Crippen LogP contribution in [-0.4, -0.2) is 44.6 Å². The van der Waals surface area contributed by atoms with Crippen LogP contribution >= 0.6 is 0 Å². The van der Waals surface area contributed by atoms with Crippen LogP contribution in [0, 0.1) is 49.7 Å². The van der Waals surface area contributed by atoms with Gasteiger partial charge >= 0.3 is 11.9 Å². The van der Waals surface area contributed by atoms with E-state index >= 15 is 0 Å². The molecule has 0 radical (unpaired) electrons. The van der Waals surface area contributed by atoms with Gasteiger partial charge in [0.05, 0.1) is 23.0 Å². The molecule has 5 rings (SSSR count). The fraction of sp³-hybridized carbons (Fsp3) is 0.871. The number of carboxylic acid groups (broad SMARTS) is 2. The number of aliphatic carboxylic acids is 2. The molecule has 10 atom stereocenters. The number of rotatable bonds is 2. The molecule has 0 bridgehead atoms. The molecule has 0 aromatic carbocycles. The maximum Gasteiger partial charge on any atom is 0.312 e. The molecule has 0 aromatic rings. The molecule has 208 valence electrons. The van der Waals surface area contributed by atoms with E-state index in [4.69, 9.17) is 0 Å². The van der Waals surface area contributed by atoms with Gasteiger partial charge < -0.3 is 20.4 Å². The molecule has 4 N–H and O–H groups in total. The number of hydrogen-bond donors (Lipinski definition) is 4. The van der Waals surface area contributed by atoms with E-state index in [-0.39, 0.29) is 33.5 Å². The molecule has 0 amide bonds. The summed E-state index contributed by atoms with van der Waals surface area (Å²) in [6.45, 7) is 15.4. The summed E-state index contributed by atoms with van der Waals surface area (Å²) in [5, 5.41) is 42.9. The first-order chi connectivity index (χ1) is 16.9. The predicted molar refractivity (Wildman–Crippen MR) is 141 cm³/mol. The minimum atomic E-state index is -1.42. The molecular weight excluding hydrogens is 468 g/mol. The highest BCUT2D eigenvalue weighted by molar-refractivity contribution is 5.77. The van der Waals surface area contributed by atoms with E-state index in [1.807, 2.05) is 0 Å². The molecule has 10 unspecified atom stereocenters. The Morgan fingerprint density at radius 1 is 0.811 bits per heavy atom. The third-order valence-electron chi connectivity index (χ3n) is 14.1. The first-order valence-corrected chi connectivity index (χ1v) is 14.4. The van der Waals surface area contributed by atoms with Crippen LogP contribution in [0.5, 0.6) is 0 Å². The van der Waals surface area contributed by atoms with Crippen LogP contribution in [0.15, 0.2) is 11.6 Å². The molecule has 0 saturated heterocycles. The van der Waals surface area contributed by atoms with Crippen molar-refractivity contribution in [1.29, 1.82) is 0 Å². The standard InChI is InChI=1S/C31H48O6/c1-25(2)12-14-31(24(36)37)15-13-26(3)18(19(31)16-25)8-10-29(6)27(4)17-20(32)22(33)30(7,23(34)35)21(27)9-11-28(26,29)5/h8,19-22,32-33H,9-17H2,1-7H3,(H,34,35)(H,36,37). The van der Waals surface area contributed by atoms with Crippen molar-refractivity contribution < 1.29 is 30.0 Å². The maximum atomic E-state index is 12.8. The van der Waals surface area contributed by atoms with Gasteiger partial charge in [-0.1, -0.05) is 53.2 Å². The van der Waals surface area contributed by atoms with Crippen LogP contribution in [0.2, 0.25) is 0 Å². The number of aliphatic hydroxyl groups excluding tert-OH is 2. The summed E-state index contributed by atoms with van der Waals surface area (Å²) in [5.74, 6) is -1.93. The fourth-order valence-electron chi connectivity index (χ4n) is 11.1. The molecule has 4 fully saturated rings. The second-order valence-corrected chi connectivity index (χ2v) is 15.6. The molecule has 5 aliphatic carbocycles. The van der Waals surface area contributed by atoms with Crippen molar-refractivity contribution in [3.63, 3.8) is 0 Å². The third kappa shape index (κ3) is 2.95. The zero-order valence-electron chi connectivity index (χ0n) is 23.9. The Morgan fingerprint density at radius 3 is 2.03 bits per heavy atom. The van der Waals surface area contributed by atoms with E-state index in [2.05, 4.69) is 47.6 Å². The van der Waals surface area contributed by atoms with E-state index in [1.54, 1.807) is 6.92 Å². The average molecular weight is 517 g/mol. The van der Waals surface area contributed by atoms with Gasteiger partial charge in [0.2, 0.25) is 0 Å². The van der Waals surface area contributed by atoms with Crippen molar-refractivity contribution in [2.45, 2.75) is 118 Å². The van der Waals surface area contributed by atoms with Gasteiger partial charge in [-0.25, -0.2) is 0 Å². The lowest BCUT2D eigenvalue weighted by Gasteiger charge is -2.75. The normalized spacial score (nSPS) is 54.6. The zero-order chi connectivity index (χ0) is 27.6. The maximum absolute atomic E-state index is 12.8. The minimum absolute atomic E-state index is 0.0162. The van der Waals surface area contributed by atoms with Crippen LogP contribution in [0.25, 0.3) is 0 Å². The third-order valence-corrected chi connectivity index (χ3v) is 14.1. The van der Waals surface area contributed by atoms with Crippen molar-refractivity contribution in [2.75, 3.05) is 0 Å². The molecule has 4 saturated carbocycles. The lowest BCUT2D eigenvalue weighted by Crippen LogP contribution is -2.72. The largest absolute Gasteiger partial charge is 0.481 e. The van der Waals surface area contributed by atoms with E-state index < -0.39 is 40.4 Å². The zero-order valence-corrected chi connectivity index (χ0v) is 23.9. The Bertz CT molecular complexity index is 1060. The van der Waals surface area contributed by atoms with Gasteiger partial charge in [-0.3, -0.25) is 9.59 Å². The van der Waals surface area contributed by atoms with Crippen molar-refractivity contribution in [1.82, 2.24) is 0 Å². The Morgan fingerprint density at radius 2 is 1.43 bits per heavy atom. The predicted octanol–water partition coefficient (Wildman–Crippen LogP) is 5.66. The molecule has 5 aliphatic rings. The second-order valence-electron chi connectivity index (χ2n) is 15.6. The van der Waals surface area contributed by atoms with Crippen LogP contribution in [0.4, 0.5) is 0 Å². The highest BCUT2D eigenvalue weighted by Gasteiger charge is 2.75. The van der Waals surface area contributed by atoms with Crippen LogP contribution in [0.1, 0.15) is 106 Å². The van der Waals surface area contributed by atoms with Crippen LogP contribution in [-0.2, 0) is 9.59 Å². The summed E-state index contributed by atoms with van der Waals surface area (Å²) >= 11 is 0. The molecule has 6 nitrogen and oxygen atoms in total. The SMILES string of the molecule is CC1(C)CCC2(C(=O)O)CCC3(C)C(=CCC4(C)C5(C)CC(O)C(O)C(C)(C(=O)O)C5CCC34C)C2C1. The lowest BCUT2D eigenvalue weighted by molar-refractivity contribution is -0.272. The first-order valence-electron chi connectivity index (χ1n) is 14.4. The van der Waals surface area contributed by atoms with Crippen molar-refractivity contribution >= 4 is 11.9 Å². The van der Waals surface area contributed by atoms with Gasteiger partial charge in [-0.2, -0.15) is 0 Å². The molecule has 37 heavy (non-hydrogen) atoms. The summed E-state index contributed by atoms with van der Waals surface area (Å²) in [4.78, 5) is 25.5. The summed E-state index contributed by atoms with van der Waals surface area (Å²) in [6, 6.07) is 0. The number of carbonyl (C=O) groups is 2. The van der Waals surface area contributed by atoms with Gasteiger partial charge in [-0.15, -0.1) is 0 Å². The second kappa shape index (κ2) is 7.62. The van der Waals surface area contributed by atoms with Crippen molar-refractivity contribution in [3.8, 4) is 0 Å². The highest BCUT2D eigenvalue weighted by Crippen LogP contribution is 2.80. The molecule has 0 aliphatic heterocycles. The van der Waals surface area contributed by atoms with E-state index in [1.165, 1.54) is 5.57 Å². The van der Waals surface area contributed by atoms with E-state index in [9.17, 15) is 30.0 Å². The van der Waals surface area contributed by atoms with Gasteiger partial charge in [-0.05, 0) is 104 Å². The van der Waals surface area contributed by atoms with Gasteiger partial charge in [0.15, 0.2) is 0 Å². The molecule has 0 spiro atoms. The quantitative estimate of drug-likeness (QED) is 0.352. The summed E-state index contributed by atoms with van der Waals surface area (Å²) in [5.41, 5.74) is -1.89. The highest BCUT2D eigenvalue weighted by atomic mass is 16.4. The topological polar surface area (TPSA) is 115 Å². The fourth-order valence-corrected chi connectivity index (χ4v) is 11.1. The summed E-state index contributed by atoms with van der Waals surface area (Å²) in [6.07, 6.45) is 6.63. The minimum Gasteiger partial charge on any atom is -0.481 e. The monoisotopic (exact) mass is 516 g/mol. The van der Waals surface area contributed by atoms with Crippen LogP contribution < -0.4 is 0 Å². The van der Waals surface area contributed by atoms with Crippen molar-refractivity contribution in [3.05, 3.63) is 11.6 Å². The van der Waals surface area contributed by atoms with E-state index in [0.29, 0.717) is 19.3 Å². The molecule has 6 heteroatoms. The van der Waals surface area contributed by atoms with Crippen LogP contribution in [0.3, 0.4) is 0 Å². The van der Waals surface area contributed by atoms with Crippen molar-refractivity contribution in [2.24, 2.45) is 49.7 Å². The Labute approximate surface area is 221 Å². The number of aliphatic hydroxyl groups is 2. The van der Waals surface area contributed by atoms with Gasteiger partial charge in [0.1, 0.15) is 0 Å². The van der Waals surface area contributed by atoms with Gasteiger partial charge in [0.25, 0.3) is 0 Å². The molecule has 0 aromatic heterocycles. The summed E-state index contributed by atoms with van der Waals surface area (Å²) in [7, 11) is 0. The molecule has 0 heterocycles. The Balaban J connectivity index is 1.67. The Kier molecular flexibility index (Phi) is 5.60. The lowest BCUT2D eigenvalue weighted by atomic mass is 9.28. The number of fused-ring (bicyclic) bond motifs is 7. The number of allylic oxidation sites excluding steroid dienone is 2. The summed E-state index contributed by atoms with van der Waals surface area (Å²) < 4.78 is 0. The number of carboxylic acids is 2.